The van der Waals surface area contributed by atoms with Gasteiger partial charge in [-0.05, 0) is 28.3 Å². The summed E-state index contributed by atoms with van der Waals surface area (Å²) in [5.74, 6) is 1.54. The topological polar surface area (TPSA) is 98.1 Å². The van der Waals surface area contributed by atoms with Crippen molar-refractivity contribution in [3.05, 3.63) is 71.4 Å². The van der Waals surface area contributed by atoms with Crippen LogP contribution < -0.4 is 0 Å². The third kappa shape index (κ3) is 3.66. The molecule has 0 aliphatic heterocycles. The van der Waals surface area contributed by atoms with Crippen LogP contribution in [0.25, 0.3) is 33.7 Å². The van der Waals surface area contributed by atoms with E-state index in [2.05, 4.69) is 77.4 Å². The number of H-pyrrole nitrogens is 1. The van der Waals surface area contributed by atoms with E-state index in [9.17, 15) is 0 Å². The van der Waals surface area contributed by atoms with Gasteiger partial charge in [-0.15, -0.1) is 10.2 Å². The number of rotatable bonds is 6. The van der Waals surface area contributed by atoms with Gasteiger partial charge in [-0.2, -0.15) is 5.21 Å². The summed E-state index contributed by atoms with van der Waals surface area (Å²) in [6.07, 6.45) is 3.32. The molecule has 0 aliphatic rings. The summed E-state index contributed by atoms with van der Waals surface area (Å²) < 4.78 is 2.12. The Kier molecular flexibility index (Phi) is 5.13. The average Bonchev–Trinajstić information content (AvgIpc) is 3.45. The van der Waals surface area contributed by atoms with E-state index in [0.29, 0.717) is 23.0 Å². The number of aryl methyl sites for hydroxylation is 1. The lowest BCUT2D eigenvalue weighted by Gasteiger charge is -2.10. The second-order valence-electron chi connectivity index (χ2n) is 7.18. The van der Waals surface area contributed by atoms with Crippen LogP contribution in [0.15, 0.2) is 54.9 Å². The normalized spacial score (nSPS) is 11.3. The van der Waals surface area contributed by atoms with Gasteiger partial charge >= 0.3 is 0 Å². The van der Waals surface area contributed by atoms with Crippen LogP contribution >= 0.6 is 11.6 Å². The number of benzene rings is 2. The first-order chi connectivity index (χ1) is 15.2. The fraction of sp³-hybridized carbons (Fsp3) is 0.182. The van der Waals surface area contributed by atoms with E-state index >= 15 is 0 Å². The van der Waals surface area contributed by atoms with Gasteiger partial charge in [0.15, 0.2) is 10.8 Å². The Balaban J connectivity index is 1.49. The standard InChI is InChI=1S/C22H19ClN8/c1-2-5-18-26-19-20(23)24-13-25-22(19)31(18)12-14-8-10-15(11-9-14)16-6-3-4-7-17(16)21-27-29-30-28-21/h3-4,6-11,13H,2,5,12H2,1H3,(H,27,28,29,30). The van der Waals surface area contributed by atoms with Gasteiger partial charge in [-0.1, -0.05) is 67.1 Å². The van der Waals surface area contributed by atoms with Gasteiger partial charge in [0.2, 0.25) is 5.82 Å². The Labute approximate surface area is 183 Å². The van der Waals surface area contributed by atoms with E-state index in [1.165, 1.54) is 6.33 Å². The predicted molar refractivity (Wildman–Crippen MR) is 118 cm³/mol. The van der Waals surface area contributed by atoms with Gasteiger partial charge in [-0.3, -0.25) is 0 Å². The zero-order valence-corrected chi connectivity index (χ0v) is 17.6. The van der Waals surface area contributed by atoms with Crippen molar-refractivity contribution in [2.24, 2.45) is 0 Å². The van der Waals surface area contributed by atoms with Crippen molar-refractivity contribution in [1.29, 1.82) is 0 Å². The number of aromatic amines is 1. The molecule has 3 aromatic heterocycles. The van der Waals surface area contributed by atoms with Crippen molar-refractivity contribution in [1.82, 2.24) is 40.1 Å². The van der Waals surface area contributed by atoms with E-state index in [1.807, 2.05) is 18.2 Å². The molecule has 5 aromatic rings. The Bertz CT molecular complexity index is 1330. The zero-order chi connectivity index (χ0) is 21.2. The molecule has 0 unspecified atom stereocenters. The third-order valence-corrected chi connectivity index (χ3v) is 5.44. The van der Waals surface area contributed by atoms with E-state index < -0.39 is 0 Å². The molecule has 9 heteroatoms. The first-order valence-electron chi connectivity index (χ1n) is 10.0. The predicted octanol–water partition coefficient (Wildman–Crippen LogP) is 4.33. The summed E-state index contributed by atoms with van der Waals surface area (Å²) in [6, 6.07) is 16.5. The lowest BCUT2D eigenvalue weighted by atomic mass is 9.98. The van der Waals surface area contributed by atoms with Crippen molar-refractivity contribution in [3.63, 3.8) is 0 Å². The van der Waals surface area contributed by atoms with Crippen molar-refractivity contribution in [3.8, 4) is 22.5 Å². The van der Waals surface area contributed by atoms with E-state index in [4.69, 9.17) is 11.6 Å². The molecule has 154 valence electrons. The molecule has 31 heavy (non-hydrogen) atoms. The third-order valence-electron chi connectivity index (χ3n) is 5.16. The van der Waals surface area contributed by atoms with Crippen LogP contribution in [0.4, 0.5) is 0 Å². The smallest absolute Gasteiger partial charge is 0.205 e. The second kappa shape index (κ2) is 8.23. The van der Waals surface area contributed by atoms with Crippen molar-refractivity contribution in [2.45, 2.75) is 26.3 Å². The minimum Gasteiger partial charge on any atom is -0.308 e. The highest BCUT2D eigenvalue weighted by molar-refractivity contribution is 6.33. The summed E-state index contributed by atoms with van der Waals surface area (Å²) in [6.45, 7) is 2.79. The molecule has 0 radical (unpaired) electrons. The van der Waals surface area contributed by atoms with Crippen LogP contribution in [0.3, 0.4) is 0 Å². The SMILES string of the molecule is CCCc1nc2c(Cl)ncnc2n1Cc1ccc(-c2ccccc2-c2nn[nH]n2)cc1. The molecule has 0 saturated carbocycles. The Hall–Kier alpha value is -3.65. The van der Waals surface area contributed by atoms with Crippen molar-refractivity contribution < 1.29 is 0 Å². The Morgan fingerprint density at radius 3 is 2.55 bits per heavy atom. The molecule has 8 nitrogen and oxygen atoms in total. The van der Waals surface area contributed by atoms with Gasteiger partial charge in [-0.25, -0.2) is 15.0 Å². The van der Waals surface area contributed by atoms with Crippen LogP contribution in [0.1, 0.15) is 24.7 Å². The molecule has 0 spiro atoms. The van der Waals surface area contributed by atoms with Gasteiger partial charge in [0.25, 0.3) is 0 Å². The van der Waals surface area contributed by atoms with Gasteiger partial charge in [0.05, 0.1) is 6.54 Å². The highest BCUT2D eigenvalue weighted by Crippen LogP contribution is 2.30. The molecule has 0 fully saturated rings. The molecule has 5 rings (SSSR count). The molecular formula is C22H19ClN8. The number of tetrazole rings is 1. The number of aromatic nitrogens is 8. The monoisotopic (exact) mass is 430 g/mol. The summed E-state index contributed by atoms with van der Waals surface area (Å²) >= 11 is 6.25. The molecule has 1 N–H and O–H groups in total. The van der Waals surface area contributed by atoms with Gasteiger partial charge < -0.3 is 4.57 Å². The average molecular weight is 431 g/mol. The number of nitrogens with zero attached hydrogens (tertiary/aromatic N) is 7. The number of nitrogens with one attached hydrogen (secondary N) is 1. The fourth-order valence-electron chi connectivity index (χ4n) is 3.71. The number of hydrogen-bond donors (Lipinski definition) is 1. The number of hydrogen-bond acceptors (Lipinski definition) is 6. The van der Waals surface area contributed by atoms with E-state index in [0.717, 1.165) is 46.6 Å². The first-order valence-corrected chi connectivity index (χ1v) is 10.4. The maximum absolute atomic E-state index is 6.25. The fourth-order valence-corrected chi connectivity index (χ4v) is 3.88. The molecule has 0 bridgehead atoms. The molecule has 0 amide bonds. The van der Waals surface area contributed by atoms with E-state index in [-0.39, 0.29) is 0 Å². The molecule has 3 heterocycles. The van der Waals surface area contributed by atoms with Crippen LogP contribution in [0.5, 0.6) is 0 Å². The van der Waals surface area contributed by atoms with Gasteiger partial charge in [0.1, 0.15) is 17.7 Å². The molecule has 0 aliphatic carbocycles. The Morgan fingerprint density at radius 1 is 1.00 bits per heavy atom. The Morgan fingerprint density at radius 2 is 1.81 bits per heavy atom. The summed E-state index contributed by atoms with van der Waals surface area (Å²) in [4.78, 5) is 13.2. The lowest BCUT2D eigenvalue weighted by Crippen LogP contribution is -2.06. The van der Waals surface area contributed by atoms with Crippen molar-refractivity contribution in [2.75, 3.05) is 0 Å². The summed E-state index contributed by atoms with van der Waals surface area (Å²) in [7, 11) is 0. The zero-order valence-electron chi connectivity index (χ0n) is 16.8. The highest BCUT2D eigenvalue weighted by atomic mass is 35.5. The van der Waals surface area contributed by atoms with Crippen LogP contribution in [0, 0.1) is 0 Å². The maximum Gasteiger partial charge on any atom is 0.205 e. The maximum atomic E-state index is 6.25. The van der Waals surface area contributed by atoms with Crippen LogP contribution in [0.2, 0.25) is 5.15 Å². The van der Waals surface area contributed by atoms with Crippen LogP contribution in [-0.4, -0.2) is 40.1 Å². The van der Waals surface area contributed by atoms with E-state index in [1.54, 1.807) is 0 Å². The van der Waals surface area contributed by atoms with Crippen LogP contribution in [-0.2, 0) is 13.0 Å². The quantitative estimate of drug-likeness (QED) is 0.402. The minimum absolute atomic E-state index is 0.384. The minimum atomic E-state index is 0.384. The molecule has 0 saturated heterocycles. The number of fused-ring (bicyclic) bond motifs is 1. The molecule has 0 atom stereocenters. The largest absolute Gasteiger partial charge is 0.308 e. The molecular weight excluding hydrogens is 412 g/mol. The molecule has 2 aromatic carbocycles. The highest BCUT2D eigenvalue weighted by Gasteiger charge is 2.15. The number of imidazole rings is 1. The lowest BCUT2D eigenvalue weighted by molar-refractivity contribution is 0.716. The van der Waals surface area contributed by atoms with Gasteiger partial charge in [0, 0.05) is 12.0 Å². The summed E-state index contributed by atoms with van der Waals surface area (Å²) in [5, 5.41) is 14.8. The van der Waals surface area contributed by atoms with Crippen molar-refractivity contribution >= 4 is 22.8 Å². The second-order valence-corrected chi connectivity index (χ2v) is 7.54. The first kappa shape index (κ1) is 19.3. The summed E-state index contributed by atoms with van der Waals surface area (Å²) in [5.41, 5.74) is 5.62. The number of halogens is 1.